The fraction of sp³-hybridized carbons (Fsp3) is 1.00. The van der Waals surface area contributed by atoms with Crippen LogP contribution in [0.2, 0.25) is 0 Å². The number of nitrogens with one attached hydrogen (secondary N) is 1. The fourth-order valence-electron chi connectivity index (χ4n) is 0.867. The van der Waals surface area contributed by atoms with E-state index in [4.69, 9.17) is 0 Å². The lowest BCUT2D eigenvalue weighted by molar-refractivity contribution is 0.0190. The maximum Gasteiger partial charge on any atom is 0.211 e. The normalized spacial score (nSPS) is 16.7. The first-order valence-electron chi connectivity index (χ1n) is 5.41. The number of aliphatic hydroxyl groups is 1. The first kappa shape index (κ1) is 14.9. The first-order chi connectivity index (χ1) is 6.71. The van der Waals surface area contributed by atoms with Crippen molar-refractivity contribution < 1.29 is 13.5 Å². The van der Waals surface area contributed by atoms with Gasteiger partial charge in [-0.25, -0.2) is 13.1 Å². The molecule has 1 atom stereocenters. The number of hydrogen-bond acceptors (Lipinski definition) is 3. The highest BCUT2D eigenvalue weighted by atomic mass is 32.2. The van der Waals surface area contributed by atoms with Crippen molar-refractivity contribution in [2.45, 2.75) is 46.1 Å². The van der Waals surface area contributed by atoms with Gasteiger partial charge in [-0.1, -0.05) is 27.2 Å². The monoisotopic (exact) mass is 237 g/mol. The molecule has 0 spiro atoms. The molecule has 0 rings (SSSR count). The summed E-state index contributed by atoms with van der Waals surface area (Å²) >= 11 is 0. The molecule has 0 aromatic heterocycles. The van der Waals surface area contributed by atoms with E-state index in [0.29, 0.717) is 6.42 Å². The Morgan fingerprint density at radius 3 is 2.33 bits per heavy atom. The molecule has 0 heterocycles. The highest BCUT2D eigenvalue weighted by Gasteiger charge is 2.26. The van der Waals surface area contributed by atoms with Gasteiger partial charge < -0.3 is 5.11 Å². The summed E-state index contributed by atoms with van der Waals surface area (Å²) < 4.78 is 25.3. The third kappa shape index (κ3) is 6.12. The lowest BCUT2D eigenvalue weighted by Crippen LogP contribution is -2.44. The van der Waals surface area contributed by atoms with E-state index in [1.54, 1.807) is 6.92 Å². The van der Waals surface area contributed by atoms with Crippen molar-refractivity contribution in [2.75, 3.05) is 12.3 Å². The van der Waals surface area contributed by atoms with Crippen LogP contribution in [-0.4, -0.2) is 31.4 Å². The Balaban J connectivity index is 4.15. The Kier molecular flexibility index (Phi) is 5.77. The lowest BCUT2D eigenvalue weighted by Gasteiger charge is -2.27. The molecule has 0 bridgehead atoms. The summed E-state index contributed by atoms with van der Waals surface area (Å²) in [5.74, 6) is 0.156. The van der Waals surface area contributed by atoms with Crippen LogP contribution < -0.4 is 4.72 Å². The molecule has 0 aliphatic heterocycles. The zero-order valence-electron chi connectivity index (χ0n) is 10.1. The van der Waals surface area contributed by atoms with Gasteiger partial charge in [-0.3, -0.25) is 0 Å². The van der Waals surface area contributed by atoms with Gasteiger partial charge in [-0.15, -0.1) is 0 Å². The van der Waals surface area contributed by atoms with Crippen molar-refractivity contribution in [3.63, 3.8) is 0 Å². The van der Waals surface area contributed by atoms with Crippen LogP contribution in [0, 0.1) is 5.92 Å². The Morgan fingerprint density at radius 1 is 1.40 bits per heavy atom. The number of sulfonamides is 1. The van der Waals surface area contributed by atoms with Crippen LogP contribution in [0.1, 0.15) is 40.5 Å². The molecule has 5 heteroatoms. The predicted molar refractivity (Wildman–Crippen MR) is 62.2 cm³/mol. The second kappa shape index (κ2) is 5.82. The van der Waals surface area contributed by atoms with Crippen LogP contribution >= 0.6 is 0 Å². The van der Waals surface area contributed by atoms with Crippen LogP contribution in [0.25, 0.3) is 0 Å². The summed E-state index contributed by atoms with van der Waals surface area (Å²) in [6, 6.07) is 0. The van der Waals surface area contributed by atoms with Crippen LogP contribution in [0.4, 0.5) is 0 Å². The molecule has 15 heavy (non-hydrogen) atoms. The van der Waals surface area contributed by atoms with E-state index < -0.39 is 15.6 Å². The van der Waals surface area contributed by atoms with Crippen LogP contribution in [-0.2, 0) is 10.0 Å². The summed E-state index contributed by atoms with van der Waals surface area (Å²) in [6.07, 6.45) is 1.50. The van der Waals surface area contributed by atoms with Gasteiger partial charge in [0.2, 0.25) is 10.0 Å². The highest BCUT2D eigenvalue weighted by molar-refractivity contribution is 7.89. The number of unbranched alkanes of at least 4 members (excludes halogenated alkanes) is 1. The minimum absolute atomic E-state index is 0.0198. The molecule has 4 nitrogen and oxygen atoms in total. The fourth-order valence-corrected chi connectivity index (χ4v) is 2.19. The van der Waals surface area contributed by atoms with E-state index in [1.807, 2.05) is 20.8 Å². The number of hydrogen-bond donors (Lipinski definition) is 2. The second-order valence-corrected chi connectivity index (χ2v) is 6.43. The largest absolute Gasteiger partial charge is 0.389 e. The van der Waals surface area contributed by atoms with Gasteiger partial charge in [-0.05, 0) is 19.3 Å². The smallest absolute Gasteiger partial charge is 0.211 e. The third-order valence-corrected chi connectivity index (χ3v) is 4.07. The van der Waals surface area contributed by atoms with Crippen molar-refractivity contribution >= 4 is 10.0 Å². The third-order valence-electron chi connectivity index (χ3n) is 2.66. The summed E-state index contributed by atoms with van der Waals surface area (Å²) in [6.45, 7) is 7.39. The lowest BCUT2D eigenvalue weighted by atomic mass is 9.93. The van der Waals surface area contributed by atoms with E-state index in [9.17, 15) is 13.5 Å². The van der Waals surface area contributed by atoms with Gasteiger partial charge in [0.25, 0.3) is 0 Å². The summed E-state index contributed by atoms with van der Waals surface area (Å²) in [7, 11) is -3.22. The standard InChI is InChI=1S/C10H23NO3S/c1-5-6-7-15(13,14)11-8-10(4,12)9(2)3/h9,11-12H,5-8H2,1-4H3. The average Bonchev–Trinajstić information content (AvgIpc) is 2.12. The highest BCUT2D eigenvalue weighted by Crippen LogP contribution is 2.14. The van der Waals surface area contributed by atoms with E-state index in [1.165, 1.54) is 0 Å². The summed E-state index contributed by atoms with van der Waals surface area (Å²) in [5.41, 5.74) is -0.987. The van der Waals surface area contributed by atoms with E-state index >= 15 is 0 Å². The van der Waals surface area contributed by atoms with Crippen LogP contribution in [0.3, 0.4) is 0 Å². The Hall–Kier alpha value is -0.130. The molecule has 0 amide bonds. The van der Waals surface area contributed by atoms with E-state index in [2.05, 4.69) is 4.72 Å². The SMILES string of the molecule is CCCCS(=O)(=O)NCC(C)(O)C(C)C. The quantitative estimate of drug-likeness (QED) is 0.697. The van der Waals surface area contributed by atoms with Gasteiger partial charge in [-0.2, -0.15) is 0 Å². The van der Waals surface area contributed by atoms with Gasteiger partial charge >= 0.3 is 0 Å². The Labute approximate surface area is 93.1 Å². The molecular formula is C10H23NO3S. The minimum Gasteiger partial charge on any atom is -0.389 e. The zero-order valence-corrected chi connectivity index (χ0v) is 10.9. The molecule has 0 aromatic rings. The summed E-state index contributed by atoms with van der Waals surface area (Å²) in [5, 5.41) is 9.85. The van der Waals surface area contributed by atoms with Gasteiger partial charge in [0.1, 0.15) is 0 Å². The molecule has 2 N–H and O–H groups in total. The summed E-state index contributed by atoms with van der Waals surface area (Å²) in [4.78, 5) is 0. The van der Waals surface area contributed by atoms with Crippen molar-refractivity contribution in [1.82, 2.24) is 4.72 Å². The van der Waals surface area contributed by atoms with Crippen molar-refractivity contribution in [1.29, 1.82) is 0 Å². The molecule has 0 saturated heterocycles. The Morgan fingerprint density at radius 2 is 1.93 bits per heavy atom. The van der Waals surface area contributed by atoms with E-state index in [0.717, 1.165) is 6.42 Å². The van der Waals surface area contributed by atoms with Crippen LogP contribution in [0.15, 0.2) is 0 Å². The van der Waals surface area contributed by atoms with Crippen molar-refractivity contribution in [2.24, 2.45) is 5.92 Å². The maximum atomic E-state index is 11.4. The molecule has 0 fully saturated rings. The van der Waals surface area contributed by atoms with Gasteiger partial charge in [0, 0.05) is 6.54 Å². The van der Waals surface area contributed by atoms with Crippen molar-refractivity contribution in [3.05, 3.63) is 0 Å². The first-order valence-corrected chi connectivity index (χ1v) is 7.06. The minimum atomic E-state index is -3.22. The second-order valence-electron chi connectivity index (χ2n) is 4.51. The molecule has 0 aliphatic carbocycles. The Bertz CT molecular complexity index is 270. The van der Waals surface area contributed by atoms with Gasteiger partial charge in [0.05, 0.1) is 11.4 Å². The predicted octanol–water partition coefficient (Wildman–Crippen LogP) is 1.11. The molecule has 0 radical (unpaired) electrons. The molecule has 0 aliphatic rings. The molecular weight excluding hydrogens is 214 g/mol. The molecule has 0 aromatic carbocycles. The van der Waals surface area contributed by atoms with E-state index in [-0.39, 0.29) is 18.2 Å². The molecule has 1 unspecified atom stereocenters. The van der Waals surface area contributed by atoms with Crippen molar-refractivity contribution in [3.8, 4) is 0 Å². The molecule has 92 valence electrons. The zero-order chi connectivity index (χ0) is 12.1. The van der Waals surface area contributed by atoms with Crippen LogP contribution in [0.5, 0.6) is 0 Å². The topological polar surface area (TPSA) is 66.4 Å². The maximum absolute atomic E-state index is 11.4. The molecule has 0 saturated carbocycles. The number of rotatable bonds is 7. The average molecular weight is 237 g/mol. The van der Waals surface area contributed by atoms with Gasteiger partial charge in [0.15, 0.2) is 0 Å².